The standard InChI is InChI=1S/C21H28N2O3/c1-15(12-21(25)23(2)17-6-4-3-5-7-17)14-26-18-9-10-19-16(13-18)8-11-20(24)22-19/h8-11,13,15,17H,3-7,12,14H2,1-2H3,(H,22,24). The molecule has 1 atom stereocenters. The number of carbonyl (C=O) groups excluding carboxylic acids is 1. The molecule has 1 amide bonds. The molecule has 3 rings (SSSR count). The van der Waals surface area contributed by atoms with Gasteiger partial charge < -0.3 is 14.6 Å². The van der Waals surface area contributed by atoms with E-state index in [-0.39, 0.29) is 17.4 Å². The third-order valence-electron chi connectivity index (χ3n) is 5.27. The zero-order valence-electron chi connectivity index (χ0n) is 15.7. The van der Waals surface area contributed by atoms with E-state index in [9.17, 15) is 9.59 Å². The van der Waals surface area contributed by atoms with Gasteiger partial charge in [-0.25, -0.2) is 0 Å². The summed E-state index contributed by atoms with van der Waals surface area (Å²) in [7, 11) is 1.94. The van der Waals surface area contributed by atoms with E-state index >= 15 is 0 Å². The molecule has 0 saturated heterocycles. The number of aromatic nitrogens is 1. The summed E-state index contributed by atoms with van der Waals surface area (Å²) in [5.41, 5.74) is 0.683. The molecular weight excluding hydrogens is 328 g/mol. The van der Waals surface area contributed by atoms with Crippen molar-refractivity contribution >= 4 is 16.8 Å². The maximum absolute atomic E-state index is 12.5. The molecule has 26 heavy (non-hydrogen) atoms. The molecule has 2 aromatic rings. The lowest BCUT2D eigenvalue weighted by Crippen LogP contribution is -2.39. The van der Waals surface area contributed by atoms with Gasteiger partial charge in [-0.1, -0.05) is 26.2 Å². The highest BCUT2D eigenvalue weighted by molar-refractivity contribution is 5.79. The number of hydrogen-bond acceptors (Lipinski definition) is 3. The molecule has 1 aliphatic rings. The van der Waals surface area contributed by atoms with E-state index < -0.39 is 0 Å². The van der Waals surface area contributed by atoms with Crippen molar-refractivity contribution in [3.8, 4) is 5.75 Å². The van der Waals surface area contributed by atoms with E-state index in [1.165, 1.54) is 25.3 Å². The Morgan fingerprint density at radius 3 is 2.77 bits per heavy atom. The lowest BCUT2D eigenvalue weighted by molar-refractivity contribution is -0.133. The molecule has 5 heteroatoms. The van der Waals surface area contributed by atoms with Crippen molar-refractivity contribution in [2.45, 2.75) is 51.5 Å². The summed E-state index contributed by atoms with van der Waals surface area (Å²) in [5.74, 6) is 1.12. The number of carbonyl (C=O) groups is 1. The number of amides is 1. The maximum Gasteiger partial charge on any atom is 0.248 e. The van der Waals surface area contributed by atoms with Crippen LogP contribution in [0, 0.1) is 5.92 Å². The highest BCUT2D eigenvalue weighted by Crippen LogP contribution is 2.23. The van der Waals surface area contributed by atoms with E-state index in [0.717, 1.165) is 29.5 Å². The van der Waals surface area contributed by atoms with Gasteiger partial charge in [0.2, 0.25) is 11.5 Å². The molecule has 1 N–H and O–H groups in total. The zero-order chi connectivity index (χ0) is 18.5. The normalized spacial score (nSPS) is 16.4. The maximum atomic E-state index is 12.5. The third kappa shape index (κ3) is 4.65. The van der Waals surface area contributed by atoms with Gasteiger partial charge in [0.25, 0.3) is 0 Å². The van der Waals surface area contributed by atoms with Gasteiger partial charge in [0.05, 0.1) is 6.61 Å². The Balaban J connectivity index is 1.51. The molecule has 0 aliphatic heterocycles. The fourth-order valence-electron chi connectivity index (χ4n) is 3.63. The molecule has 1 aromatic carbocycles. The number of H-pyrrole nitrogens is 1. The molecule has 0 bridgehead atoms. The first-order valence-corrected chi connectivity index (χ1v) is 9.54. The van der Waals surface area contributed by atoms with Gasteiger partial charge in [0.1, 0.15) is 5.75 Å². The van der Waals surface area contributed by atoms with Crippen molar-refractivity contribution in [2.75, 3.05) is 13.7 Å². The summed E-state index contributed by atoms with van der Waals surface area (Å²) in [6, 6.07) is 9.31. The van der Waals surface area contributed by atoms with E-state index in [2.05, 4.69) is 4.98 Å². The largest absolute Gasteiger partial charge is 0.493 e. The molecule has 1 saturated carbocycles. The van der Waals surface area contributed by atoms with Crippen molar-refractivity contribution in [1.29, 1.82) is 0 Å². The van der Waals surface area contributed by atoms with Crippen LogP contribution in [-0.4, -0.2) is 35.5 Å². The van der Waals surface area contributed by atoms with Crippen LogP contribution in [0.25, 0.3) is 10.9 Å². The number of benzene rings is 1. The minimum absolute atomic E-state index is 0.111. The van der Waals surface area contributed by atoms with Gasteiger partial charge in [0.15, 0.2) is 0 Å². The van der Waals surface area contributed by atoms with Crippen LogP contribution in [-0.2, 0) is 4.79 Å². The number of ether oxygens (including phenoxy) is 1. The Labute approximate surface area is 154 Å². The Hall–Kier alpha value is -2.30. The second-order valence-corrected chi connectivity index (χ2v) is 7.49. The first-order chi connectivity index (χ1) is 12.5. The minimum Gasteiger partial charge on any atom is -0.493 e. The van der Waals surface area contributed by atoms with Gasteiger partial charge in [-0.15, -0.1) is 0 Å². The van der Waals surface area contributed by atoms with E-state index in [1.807, 2.05) is 37.1 Å². The third-order valence-corrected chi connectivity index (χ3v) is 5.27. The Morgan fingerprint density at radius 2 is 2.00 bits per heavy atom. The minimum atomic E-state index is -0.111. The van der Waals surface area contributed by atoms with Crippen LogP contribution >= 0.6 is 0 Å². The molecule has 1 aromatic heterocycles. The molecule has 5 nitrogen and oxygen atoms in total. The lowest BCUT2D eigenvalue weighted by Gasteiger charge is -2.32. The van der Waals surface area contributed by atoms with Gasteiger partial charge in [-0.05, 0) is 43.0 Å². The lowest BCUT2D eigenvalue weighted by atomic mass is 9.94. The zero-order valence-corrected chi connectivity index (χ0v) is 15.7. The van der Waals surface area contributed by atoms with Gasteiger partial charge in [0, 0.05) is 36.5 Å². The molecule has 140 valence electrons. The molecule has 1 unspecified atom stereocenters. The molecule has 1 fully saturated rings. The Morgan fingerprint density at radius 1 is 1.23 bits per heavy atom. The number of rotatable bonds is 6. The van der Waals surface area contributed by atoms with Crippen molar-refractivity contribution in [1.82, 2.24) is 9.88 Å². The molecular formula is C21H28N2O3. The van der Waals surface area contributed by atoms with Gasteiger partial charge in [-0.2, -0.15) is 0 Å². The fraction of sp³-hybridized carbons (Fsp3) is 0.524. The van der Waals surface area contributed by atoms with E-state index in [1.54, 1.807) is 6.07 Å². The number of nitrogens with one attached hydrogen (secondary N) is 1. The quantitative estimate of drug-likeness (QED) is 0.858. The molecule has 1 heterocycles. The summed E-state index contributed by atoms with van der Waals surface area (Å²) in [6.45, 7) is 2.55. The number of aromatic amines is 1. The average molecular weight is 356 g/mol. The second kappa shape index (κ2) is 8.39. The van der Waals surface area contributed by atoms with Crippen LogP contribution in [0.15, 0.2) is 35.1 Å². The SMILES string of the molecule is CC(COc1ccc2[nH]c(=O)ccc2c1)CC(=O)N(C)C1CCCCC1. The number of hydrogen-bond donors (Lipinski definition) is 1. The number of fused-ring (bicyclic) bond motifs is 1. The first kappa shape index (κ1) is 18.5. The van der Waals surface area contributed by atoms with Crippen LogP contribution in [0.1, 0.15) is 45.4 Å². The van der Waals surface area contributed by atoms with Gasteiger partial charge >= 0.3 is 0 Å². The number of pyridine rings is 1. The number of nitrogens with zero attached hydrogens (tertiary/aromatic N) is 1. The van der Waals surface area contributed by atoms with E-state index in [4.69, 9.17) is 4.74 Å². The van der Waals surface area contributed by atoms with Gasteiger partial charge in [-0.3, -0.25) is 9.59 Å². The van der Waals surface area contributed by atoms with Crippen molar-refractivity contribution in [3.05, 3.63) is 40.7 Å². The topological polar surface area (TPSA) is 62.4 Å². The summed E-state index contributed by atoms with van der Waals surface area (Å²) in [4.78, 5) is 28.6. The van der Waals surface area contributed by atoms with Crippen LogP contribution in [0.4, 0.5) is 0 Å². The van der Waals surface area contributed by atoms with Crippen molar-refractivity contribution in [2.24, 2.45) is 5.92 Å². The summed E-state index contributed by atoms with van der Waals surface area (Å²) >= 11 is 0. The second-order valence-electron chi connectivity index (χ2n) is 7.49. The highest BCUT2D eigenvalue weighted by Gasteiger charge is 2.23. The molecule has 0 spiro atoms. The summed E-state index contributed by atoms with van der Waals surface area (Å²) in [6.07, 6.45) is 6.53. The Bertz CT molecular complexity index is 808. The monoisotopic (exact) mass is 356 g/mol. The fourth-order valence-corrected chi connectivity index (χ4v) is 3.63. The van der Waals surface area contributed by atoms with E-state index in [0.29, 0.717) is 19.1 Å². The van der Waals surface area contributed by atoms with Crippen LogP contribution < -0.4 is 10.3 Å². The van der Waals surface area contributed by atoms with Crippen LogP contribution in [0.5, 0.6) is 5.75 Å². The summed E-state index contributed by atoms with van der Waals surface area (Å²) in [5, 5.41) is 0.933. The van der Waals surface area contributed by atoms with Crippen LogP contribution in [0.3, 0.4) is 0 Å². The van der Waals surface area contributed by atoms with Crippen molar-refractivity contribution in [3.63, 3.8) is 0 Å². The molecule has 0 radical (unpaired) electrons. The predicted molar refractivity (Wildman–Crippen MR) is 103 cm³/mol. The van der Waals surface area contributed by atoms with Crippen molar-refractivity contribution < 1.29 is 9.53 Å². The smallest absolute Gasteiger partial charge is 0.248 e. The first-order valence-electron chi connectivity index (χ1n) is 9.54. The average Bonchev–Trinajstić information content (AvgIpc) is 2.66. The Kier molecular flexibility index (Phi) is 5.96. The van der Waals surface area contributed by atoms with Crippen LogP contribution in [0.2, 0.25) is 0 Å². The molecule has 1 aliphatic carbocycles. The predicted octanol–water partition coefficient (Wildman–Crippen LogP) is 3.72. The summed E-state index contributed by atoms with van der Waals surface area (Å²) < 4.78 is 5.87. The highest BCUT2D eigenvalue weighted by atomic mass is 16.5.